The second-order valence-corrected chi connectivity index (χ2v) is 6.14. The van der Waals surface area contributed by atoms with Crippen LogP contribution in [0.3, 0.4) is 0 Å². The maximum absolute atomic E-state index is 12.2. The van der Waals surface area contributed by atoms with E-state index in [-0.39, 0.29) is 5.91 Å². The smallest absolute Gasteiger partial charge is 0.339 e. The average molecular weight is 341 g/mol. The second kappa shape index (κ2) is 8.87. The first-order chi connectivity index (χ1) is 12.0. The molecule has 5 heteroatoms. The Morgan fingerprint density at radius 3 is 2.40 bits per heavy atom. The van der Waals surface area contributed by atoms with E-state index in [1.54, 1.807) is 36.4 Å². The van der Waals surface area contributed by atoms with Gasteiger partial charge in [0, 0.05) is 5.69 Å². The van der Waals surface area contributed by atoms with Gasteiger partial charge in [-0.15, -0.1) is 0 Å². The lowest BCUT2D eigenvalue weighted by molar-refractivity contribution is -0.123. The lowest BCUT2D eigenvalue weighted by Gasteiger charge is -2.14. The van der Waals surface area contributed by atoms with Crippen LogP contribution in [0.4, 0.5) is 5.69 Å². The quantitative estimate of drug-likeness (QED) is 0.776. The minimum atomic E-state index is -0.909. The number of para-hydroxylation sites is 1. The van der Waals surface area contributed by atoms with Crippen molar-refractivity contribution < 1.29 is 19.1 Å². The fraction of sp³-hybridized carbons (Fsp3) is 0.300. The van der Waals surface area contributed by atoms with Crippen LogP contribution in [0, 0.1) is 5.92 Å². The molecule has 1 amide bonds. The highest BCUT2D eigenvalue weighted by Crippen LogP contribution is 2.16. The topological polar surface area (TPSA) is 64.6 Å². The van der Waals surface area contributed by atoms with Crippen molar-refractivity contribution >= 4 is 17.6 Å². The van der Waals surface area contributed by atoms with Crippen LogP contribution in [-0.4, -0.2) is 24.6 Å². The van der Waals surface area contributed by atoms with Crippen LogP contribution in [0.2, 0.25) is 0 Å². The van der Waals surface area contributed by atoms with E-state index >= 15 is 0 Å². The van der Waals surface area contributed by atoms with Gasteiger partial charge in [-0.25, -0.2) is 4.79 Å². The molecular formula is C20H23NO4. The highest BCUT2D eigenvalue weighted by Gasteiger charge is 2.19. The zero-order chi connectivity index (χ0) is 18.2. The number of ether oxygens (including phenoxy) is 2. The van der Waals surface area contributed by atoms with Gasteiger partial charge in [-0.05, 0) is 43.2 Å². The molecule has 0 aromatic heterocycles. The van der Waals surface area contributed by atoms with Crippen LogP contribution < -0.4 is 10.1 Å². The summed E-state index contributed by atoms with van der Waals surface area (Å²) in [6.07, 6.45) is -0.909. The van der Waals surface area contributed by atoms with Gasteiger partial charge < -0.3 is 14.8 Å². The summed E-state index contributed by atoms with van der Waals surface area (Å²) in [6.45, 7) is 6.19. The Kier molecular flexibility index (Phi) is 6.57. The number of carbonyl (C=O) groups is 2. The largest absolute Gasteiger partial charge is 0.493 e. The molecule has 0 saturated heterocycles. The first-order valence-corrected chi connectivity index (χ1v) is 8.25. The van der Waals surface area contributed by atoms with Crippen molar-refractivity contribution in [2.75, 3.05) is 11.9 Å². The standard InChI is InChI=1S/C20H23NO4/c1-14(2)13-24-18-11-7-8-16(12-18)20(23)25-15(3)19(22)21-17-9-5-4-6-10-17/h4-12,14-15H,13H2,1-3H3,(H,21,22)/t15-/m1/s1. The molecule has 132 valence electrons. The summed E-state index contributed by atoms with van der Waals surface area (Å²) in [4.78, 5) is 24.4. The molecular weight excluding hydrogens is 318 g/mol. The van der Waals surface area contributed by atoms with Crippen LogP contribution in [0.1, 0.15) is 31.1 Å². The summed E-state index contributed by atoms with van der Waals surface area (Å²) in [5.41, 5.74) is 1.00. The van der Waals surface area contributed by atoms with Crippen molar-refractivity contribution in [3.63, 3.8) is 0 Å². The molecule has 2 aromatic carbocycles. The van der Waals surface area contributed by atoms with Crippen LogP contribution in [0.15, 0.2) is 54.6 Å². The molecule has 0 unspecified atom stereocenters. The Morgan fingerprint density at radius 2 is 1.72 bits per heavy atom. The third-order valence-corrected chi connectivity index (χ3v) is 3.35. The second-order valence-electron chi connectivity index (χ2n) is 6.14. The van der Waals surface area contributed by atoms with Gasteiger partial charge in [-0.2, -0.15) is 0 Å². The molecule has 2 rings (SSSR count). The number of anilines is 1. The van der Waals surface area contributed by atoms with Crippen LogP contribution in [0.25, 0.3) is 0 Å². The zero-order valence-corrected chi connectivity index (χ0v) is 14.7. The monoisotopic (exact) mass is 341 g/mol. The van der Waals surface area contributed by atoms with Gasteiger partial charge in [0.2, 0.25) is 0 Å². The molecule has 2 aromatic rings. The molecule has 0 spiro atoms. The Labute approximate surface area is 148 Å². The minimum absolute atomic E-state index is 0.348. The van der Waals surface area contributed by atoms with Crippen molar-refractivity contribution in [1.82, 2.24) is 0 Å². The molecule has 0 heterocycles. The molecule has 1 atom stereocenters. The normalized spacial score (nSPS) is 11.7. The summed E-state index contributed by atoms with van der Waals surface area (Å²) < 4.78 is 10.8. The van der Waals surface area contributed by atoms with Gasteiger partial charge >= 0.3 is 5.97 Å². The third-order valence-electron chi connectivity index (χ3n) is 3.35. The Balaban J connectivity index is 1.94. The predicted molar refractivity (Wildman–Crippen MR) is 96.7 cm³/mol. The van der Waals surface area contributed by atoms with Gasteiger partial charge in [-0.1, -0.05) is 38.1 Å². The number of nitrogens with one attached hydrogen (secondary N) is 1. The maximum Gasteiger partial charge on any atom is 0.339 e. The van der Waals surface area contributed by atoms with Gasteiger partial charge in [0.05, 0.1) is 12.2 Å². The summed E-state index contributed by atoms with van der Waals surface area (Å²) >= 11 is 0. The van der Waals surface area contributed by atoms with Crippen molar-refractivity contribution in [1.29, 1.82) is 0 Å². The molecule has 5 nitrogen and oxygen atoms in total. The Bertz CT molecular complexity index is 713. The number of esters is 1. The van der Waals surface area contributed by atoms with E-state index in [0.29, 0.717) is 29.5 Å². The molecule has 25 heavy (non-hydrogen) atoms. The predicted octanol–water partition coefficient (Wildman–Crippen LogP) is 3.91. The average Bonchev–Trinajstić information content (AvgIpc) is 2.61. The van der Waals surface area contributed by atoms with Gasteiger partial charge in [0.1, 0.15) is 5.75 Å². The van der Waals surface area contributed by atoms with Gasteiger partial charge in [-0.3, -0.25) is 4.79 Å². The number of amides is 1. The van der Waals surface area contributed by atoms with Crippen LogP contribution in [-0.2, 0) is 9.53 Å². The van der Waals surface area contributed by atoms with Crippen LogP contribution >= 0.6 is 0 Å². The van der Waals surface area contributed by atoms with Crippen molar-refractivity contribution in [3.05, 3.63) is 60.2 Å². The summed E-state index contributed by atoms with van der Waals surface area (Å²) in [5, 5.41) is 2.70. The van der Waals surface area contributed by atoms with E-state index in [9.17, 15) is 9.59 Å². The number of hydrogen-bond acceptors (Lipinski definition) is 4. The molecule has 0 aliphatic heterocycles. The molecule has 0 saturated carbocycles. The molecule has 0 fully saturated rings. The molecule has 0 aliphatic carbocycles. The lowest BCUT2D eigenvalue weighted by atomic mass is 10.2. The number of hydrogen-bond donors (Lipinski definition) is 1. The summed E-state index contributed by atoms with van der Waals surface area (Å²) in [5.74, 6) is 0.0410. The van der Waals surface area contributed by atoms with Gasteiger partial charge in [0.15, 0.2) is 6.10 Å². The Morgan fingerprint density at radius 1 is 1.00 bits per heavy atom. The van der Waals surface area contributed by atoms with Crippen molar-refractivity contribution in [2.45, 2.75) is 26.9 Å². The summed E-state index contributed by atoms with van der Waals surface area (Å²) in [6, 6.07) is 15.8. The Hall–Kier alpha value is -2.82. The van der Waals surface area contributed by atoms with E-state index in [4.69, 9.17) is 9.47 Å². The highest BCUT2D eigenvalue weighted by molar-refractivity contribution is 5.97. The third kappa shape index (κ3) is 5.95. The van der Waals surface area contributed by atoms with E-state index in [0.717, 1.165) is 0 Å². The van der Waals surface area contributed by atoms with E-state index in [1.165, 1.54) is 6.92 Å². The van der Waals surface area contributed by atoms with Crippen LogP contribution in [0.5, 0.6) is 5.75 Å². The number of benzene rings is 2. The van der Waals surface area contributed by atoms with E-state index in [2.05, 4.69) is 5.32 Å². The molecule has 0 radical (unpaired) electrons. The van der Waals surface area contributed by atoms with E-state index in [1.807, 2.05) is 32.0 Å². The fourth-order valence-electron chi connectivity index (χ4n) is 2.02. The highest BCUT2D eigenvalue weighted by atomic mass is 16.5. The number of carbonyl (C=O) groups excluding carboxylic acids is 2. The lowest BCUT2D eigenvalue weighted by Crippen LogP contribution is -2.30. The molecule has 0 aliphatic rings. The van der Waals surface area contributed by atoms with E-state index < -0.39 is 12.1 Å². The first kappa shape index (κ1) is 18.5. The fourth-order valence-corrected chi connectivity index (χ4v) is 2.02. The summed E-state index contributed by atoms with van der Waals surface area (Å²) in [7, 11) is 0. The molecule has 1 N–H and O–H groups in total. The first-order valence-electron chi connectivity index (χ1n) is 8.25. The maximum atomic E-state index is 12.2. The van der Waals surface area contributed by atoms with Crippen molar-refractivity contribution in [2.24, 2.45) is 5.92 Å². The number of rotatable bonds is 7. The SMILES string of the molecule is CC(C)COc1cccc(C(=O)O[C@H](C)C(=O)Nc2ccccc2)c1. The van der Waals surface area contributed by atoms with Crippen molar-refractivity contribution in [3.8, 4) is 5.75 Å². The minimum Gasteiger partial charge on any atom is -0.493 e. The molecule has 0 bridgehead atoms. The zero-order valence-electron chi connectivity index (χ0n) is 14.7. The van der Waals surface area contributed by atoms with Gasteiger partial charge in [0.25, 0.3) is 5.91 Å².